The summed E-state index contributed by atoms with van der Waals surface area (Å²) in [5.41, 5.74) is 0.543. The first-order valence-corrected chi connectivity index (χ1v) is 4.55. The molecular formula is C11H14O3. The molecule has 3 heteroatoms. The highest BCUT2D eigenvalue weighted by Gasteiger charge is 2.05. The third kappa shape index (κ3) is 2.76. The Morgan fingerprint density at radius 3 is 2.79 bits per heavy atom. The van der Waals surface area contributed by atoms with E-state index in [1.807, 2.05) is 19.1 Å². The summed E-state index contributed by atoms with van der Waals surface area (Å²) in [7, 11) is 0. The van der Waals surface area contributed by atoms with Gasteiger partial charge in [-0.15, -0.1) is 0 Å². The first-order chi connectivity index (χ1) is 6.63. The summed E-state index contributed by atoms with van der Waals surface area (Å²) in [5.74, 6) is 1.20. The lowest BCUT2D eigenvalue weighted by molar-refractivity contribution is -0.138. The quantitative estimate of drug-likeness (QED) is 0.548. The fraction of sp³-hybridized carbons (Fsp3) is 0.364. The van der Waals surface area contributed by atoms with Gasteiger partial charge < -0.3 is 9.15 Å². The predicted octanol–water partition coefficient (Wildman–Crippen LogP) is 2.55. The maximum atomic E-state index is 11.2. The van der Waals surface area contributed by atoms with Gasteiger partial charge in [0.1, 0.15) is 11.5 Å². The van der Waals surface area contributed by atoms with Crippen molar-refractivity contribution in [2.24, 2.45) is 0 Å². The van der Waals surface area contributed by atoms with Crippen molar-refractivity contribution in [3.05, 3.63) is 29.2 Å². The molecule has 0 aliphatic carbocycles. The van der Waals surface area contributed by atoms with E-state index >= 15 is 0 Å². The molecule has 3 nitrogen and oxygen atoms in total. The Bertz CT molecular complexity index is 347. The fourth-order valence-electron chi connectivity index (χ4n) is 1.05. The van der Waals surface area contributed by atoms with Gasteiger partial charge in [0.2, 0.25) is 0 Å². The Labute approximate surface area is 83.4 Å². The van der Waals surface area contributed by atoms with Crippen LogP contribution in [0.25, 0.3) is 6.08 Å². The summed E-state index contributed by atoms with van der Waals surface area (Å²) < 4.78 is 10.1. The molecule has 0 bridgehead atoms. The second-order valence-electron chi connectivity index (χ2n) is 3.00. The fourth-order valence-corrected chi connectivity index (χ4v) is 1.05. The third-order valence-electron chi connectivity index (χ3n) is 1.72. The van der Waals surface area contributed by atoms with Crippen molar-refractivity contribution in [1.29, 1.82) is 0 Å². The zero-order valence-electron chi connectivity index (χ0n) is 8.66. The maximum Gasteiger partial charge on any atom is 0.333 e. The minimum atomic E-state index is -0.304. The molecule has 0 saturated carbocycles. The summed E-state index contributed by atoms with van der Waals surface area (Å²) in [4.78, 5) is 11.2. The molecule has 14 heavy (non-hydrogen) atoms. The largest absolute Gasteiger partial charge is 0.463 e. The van der Waals surface area contributed by atoms with Crippen LogP contribution < -0.4 is 0 Å². The van der Waals surface area contributed by atoms with Crippen LogP contribution in [0.5, 0.6) is 0 Å². The van der Waals surface area contributed by atoms with Gasteiger partial charge in [0.25, 0.3) is 0 Å². The Morgan fingerprint density at radius 2 is 2.29 bits per heavy atom. The molecule has 1 rings (SSSR count). The first kappa shape index (κ1) is 10.6. The topological polar surface area (TPSA) is 39.4 Å². The molecule has 0 atom stereocenters. The molecule has 0 fully saturated rings. The molecule has 0 N–H and O–H groups in total. The molecule has 1 heterocycles. The van der Waals surface area contributed by atoms with Crippen molar-refractivity contribution in [2.75, 3.05) is 6.61 Å². The van der Waals surface area contributed by atoms with Crippen LogP contribution >= 0.6 is 0 Å². The summed E-state index contributed by atoms with van der Waals surface area (Å²) in [6.45, 7) is 5.73. The Kier molecular flexibility index (Phi) is 3.51. The molecular weight excluding hydrogens is 180 g/mol. The van der Waals surface area contributed by atoms with Gasteiger partial charge >= 0.3 is 5.97 Å². The highest BCUT2D eigenvalue weighted by molar-refractivity contribution is 5.92. The SMILES string of the molecule is CCOC(=O)C(C)=Cc1ccc(C)o1. The van der Waals surface area contributed by atoms with Crippen LogP contribution in [0.3, 0.4) is 0 Å². The van der Waals surface area contributed by atoms with E-state index in [1.54, 1.807) is 19.9 Å². The van der Waals surface area contributed by atoms with Gasteiger partial charge in [-0.1, -0.05) is 0 Å². The molecule has 0 spiro atoms. The number of rotatable bonds is 3. The van der Waals surface area contributed by atoms with E-state index in [9.17, 15) is 4.79 Å². The molecule has 0 aliphatic rings. The van der Waals surface area contributed by atoms with Crippen LogP contribution in [-0.2, 0) is 9.53 Å². The molecule has 1 aromatic rings. The predicted molar refractivity (Wildman–Crippen MR) is 53.7 cm³/mol. The first-order valence-electron chi connectivity index (χ1n) is 4.55. The standard InChI is InChI=1S/C11H14O3/c1-4-13-11(12)8(2)7-10-6-5-9(3)14-10/h5-7H,4H2,1-3H3. The zero-order valence-corrected chi connectivity index (χ0v) is 8.66. The second kappa shape index (κ2) is 4.65. The summed E-state index contributed by atoms with van der Waals surface area (Å²) >= 11 is 0. The molecule has 76 valence electrons. The molecule has 0 unspecified atom stereocenters. The van der Waals surface area contributed by atoms with E-state index in [0.717, 1.165) is 5.76 Å². The minimum Gasteiger partial charge on any atom is -0.463 e. The minimum absolute atomic E-state index is 0.304. The maximum absolute atomic E-state index is 11.2. The van der Waals surface area contributed by atoms with E-state index in [0.29, 0.717) is 17.9 Å². The monoisotopic (exact) mass is 194 g/mol. The Hall–Kier alpha value is -1.51. The van der Waals surface area contributed by atoms with Crippen molar-refractivity contribution in [3.8, 4) is 0 Å². The number of hydrogen-bond donors (Lipinski definition) is 0. The highest BCUT2D eigenvalue weighted by Crippen LogP contribution is 2.11. The average molecular weight is 194 g/mol. The highest BCUT2D eigenvalue weighted by atomic mass is 16.5. The molecule has 1 aromatic heterocycles. The lowest BCUT2D eigenvalue weighted by Gasteiger charge is -1.99. The molecule has 0 amide bonds. The summed E-state index contributed by atoms with van der Waals surface area (Å²) in [6.07, 6.45) is 1.67. The van der Waals surface area contributed by atoms with Crippen molar-refractivity contribution in [1.82, 2.24) is 0 Å². The Balaban J connectivity index is 2.73. The van der Waals surface area contributed by atoms with Crippen LogP contribution in [-0.4, -0.2) is 12.6 Å². The number of carbonyl (C=O) groups is 1. The number of carbonyl (C=O) groups excluding carboxylic acids is 1. The van der Waals surface area contributed by atoms with E-state index in [4.69, 9.17) is 9.15 Å². The number of aryl methyl sites for hydroxylation is 1. The number of esters is 1. The lowest BCUT2D eigenvalue weighted by Crippen LogP contribution is -2.04. The van der Waals surface area contributed by atoms with E-state index in [2.05, 4.69) is 0 Å². The molecule has 0 radical (unpaired) electrons. The average Bonchev–Trinajstić information content (AvgIpc) is 2.51. The van der Waals surface area contributed by atoms with Gasteiger partial charge in [-0.3, -0.25) is 0 Å². The van der Waals surface area contributed by atoms with Crippen LogP contribution in [0.15, 0.2) is 22.1 Å². The van der Waals surface area contributed by atoms with Crippen molar-refractivity contribution < 1.29 is 13.9 Å². The van der Waals surface area contributed by atoms with Gasteiger partial charge in [-0.05, 0) is 39.0 Å². The summed E-state index contributed by atoms with van der Waals surface area (Å²) in [6, 6.07) is 3.67. The van der Waals surface area contributed by atoms with Crippen molar-refractivity contribution in [2.45, 2.75) is 20.8 Å². The van der Waals surface area contributed by atoms with E-state index in [1.165, 1.54) is 0 Å². The normalized spacial score (nSPS) is 11.5. The number of hydrogen-bond acceptors (Lipinski definition) is 3. The molecule has 0 saturated heterocycles. The van der Waals surface area contributed by atoms with Crippen LogP contribution in [0.4, 0.5) is 0 Å². The number of furan rings is 1. The molecule has 0 aromatic carbocycles. The zero-order chi connectivity index (χ0) is 10.6. The van der Waals surface area contributed by atoms with Crippen molar-refractivity contribution >= 4 is 12.0 Å². The van der Waals surface area contributed by atoms with Crippen LogP contribution in [0, 0.1) is 6.92 Å². The van der Waals surface area contributed by atoms with Crippen LogP contribution in [0.1, 0.15) is 25.4 Å². The second-order valence-corrected chi connectivity index (χ2v) is 3.00. The summed E-state index contributed by atoms with van der Waals surface area (Å²) in [5, 5.41) is 0. The molecule has 0 aliphatic heterocycles. The lowest BCUT2D eigenvalue weighted by atomic mass is 10.2. The Morgan fingerprint density at radius 1 is 1.57 bits per heavy atom. The van der Waals surface area contributed by atoms with Crippen molar-refractivity contribution in [3.63, 3.8) is 0 Å². The van der Waals surface area contributed by atoms with Gasteiger partial charge in [0.05, 0.1) is 6.61 Å². The smallest absolute Gasteiger partial charge is 0.333 e. The van der Waals surface area contributed by atoms with Gasteiger partial charge in [0, 0.05) is 5.57 Å². The third-order valence-corrected chi connectivity index (χ3v) is 1.72. The van der Waals surface area contributed by atoms with Gasteiger partial charge in [0.15, 0.2) is 0 Å². The van der Waals surface area contributed by atoms with Gasteiger partial charge in [-0.25, -0.2) is 4.79 Å². The van der Waals surface area contributed by atoms with E-state index < -0.39 is 0 Å². The number of ether oxygens (including phenoxy) is 1. The van der Waals surface area contributed by atoms with Gasteiger partial charge in [-0.2, -0.15) is 0 Å². The van der Waals surface area contributed by atoms with E-state index in [-0.39, 0.29) is 5.97 Å². The van der Waals surface area contributed by atoms with Crippen LogP contribution in [0.2, 0.25) is 0 Å².